The van der Waals surface area contributed by atoms with E-state index in [9.17, 15) is 4.79 Å². The van der Waals surface area contributed by atoms with Gasteiger partial charge in [0.05, 0.1) is 23.6 Å². The van der Waals surface area contributed by atoms with Crippen molar-refractivity contribution in [3.8, 4) is 0 Å². The number of rotatable bonds is 2. The minimum atomic E-state index is -0.348. The van der Waals surface area contributed by atoms with Crippen molar-refractivity contribution in [2.24, 2.45) is 0 Å². The Morgan fingerprint density at radius 2 is 2.19 bits per heavy atom. The van der Waals surface area contributed by atoms with Crippen LogP contribution in [0.15, 0.2) is 18.5 Å². The Kier molecular flexibility index (Phi) is 2.96. The van der Waals surface area contributed by atoms with Crippen molar-refractivity contribution in [3.05, 3.63) is 29.3 Å². The summed E-state index contributed by atoms with van der Waals surface area (Å²) in [5.74, 6) is -0.348. The molecule has 2 rings (SSSR count). The lowest BCUT2D eigenvalue weighted by Gasteiger charge is -2.02. The van der Waals surface area contributed by atoms with Crippen molar-refractivity contribution in [1.29, 1.82) is 0 Å². The molecule has 0 radical (unpaired) electrons. The number of carbonyl (C=O) groups is 1. The van der Waals surface area contributed by atoms with Gasteiger partial charge in [-0.3, -0.25) is 9.78 Å². The van der Waals surface area contributed by atoms with Gasteiger partial charge < -0.3 is 4.74 Å². The standard InChI is InChI=1S/C10H8ClN3O2/c1-6(15)16-5-7-2-8-9(3-12-7)13-4-10(11)14-8/h2-4H,5H2,1H3. The van der Waals surface area contributed by atoms with Crippen molar-refractivity contribution in [2.45, 2.75) is 13.5 Å². The summed E-state index contributed by atoms with van der Waals surface area (Å²) in [5, 5.41) is 0.317. The maximum atomic E-state index is 10.6. The second-order valence-electron chi connectivity index (χ2n) is 3.14. The monoisotopic (exact) mass is 237 g/mol. The minimum Gasteiger partial charge on any atom is -0.459 e. The van der Waals surface area contributed by atoms with Crippen LogP contribution >= 0.6 is 11.6 Å². The Balaban J connectivity index is 2.31. The predicted molar refractivity (Wildman–Crippen MR) is 57.8 cm³/mol. The zero-order valence-corrected chi connectivity index (χ0v) is 9.23. The number of carbonyl (C=O) groups excluding carboxylic acids is 1. The second kappa shape index (κ2) is 4.40. The third-order valence-electron chi connectivity index (χ3n) is 1.88. The van der Waals surface area contributed by atoms with E-state index in [1.165, 1.54) is 13.1 Å². The topological polar surface area (TPSA) is 65.0 Å². The van der Waals surface area contributed by atoms with Crippen LogP contribution in [-0.2, 0) is 16.1 Å². The van der Waals surface area contributed by atoms with Crippen LogP contribution in [-0.4, -0.2) is 20.9 Å². The van der Waals surface area contributed by atoms with Crippen LogP contribution in [0.25, 0.3) is 11.0 Å². The number of nitrogens with zero attached hydrogens (tertiary/aromatic N) is 3. The summed E-state index contributed by atoms with van der Waals surface area (Å²) in [6.07, 6.45) is 3.02. The summed E-state index contributed by atoms with van der Waals surface area (Å²) in [6, 6.07) is 1.69. The Labute approximate surface area is 96.4 Å². The van der Waals surface area contributed by atoms with Gasteiger partial charge in [0.1, 0.15) is 17.3 Å². The van der Waals surface area contributed by atoms with Crippen LogP contribution in [0.3, 0.4) is 0 Å². The Morgan fingerprint density at radius 3 is 2.94 bits per heavy atom. The Bertz CT molecular complexity index is 545. The van der Waals surface area contributed by atoms with Crippen LogP contribution < -0.4 is 0 Å². The first kappa shape index (κ1) is 10.8. The maximum absolute atomic E-state index is 10.6. The number of pyridine rings is 1. The van der Waals surface area contributed by atoms with E-state index in [1.807, 2.05) is 0 Å². The average Bonchev–Trinajstić information content (AvgIpc) is 2.25. The van der Waals surface area contributed by atoms with Gasteiger partial charge in [-0.25, -0.2) is 9.97 Å². The first-order chi connectivity index (χ1) is 7.65. The summed E-state index contributed by atoms with van der Waals surface area (Å²) < 4.78 is 4.82. The van der Waals surface area contributed by atoms with Gasteiger partial charge in [0.15, 0.2) is 0 Å². The van der Waals surface area contributed by atoms with E-state index < -0.39 is 0 Å². The van der Waals surface area contributed by atoms with E-state index >= 15 is 0 Å². The van der Waals surface area contributed by atoms with Crippen molar-refractivity contribution in [2.75, 3.05) is 0 Å². The SMILES string of the molecule is CC(=O)OCc1cc2nc(Cl)cnc2cn1. The predicted octanol–water partition coefficient (Wildman–Crippen LogP) is 1.74. The van der Waals surface area contributed by atoms with E-state index in [0.29, 0.717) is 21.9 Å². The number of fused-ring (bicyclic) bond motifs is 1. The lowest BCUT2D eigenvalue weighted by molar-refractivity contribution is -0.142. The molecule has 0 fully saturated rings. The highest BCUT2D eigenvalue weighted by atomic mass is 35.5. The van der Waals surface area contributed by atoms with E-state index in [2.05, 4.69) is 15.0 Å². The molecular weight excluding hydrogens is 230 g/mol. The quantitative estimate of drug-likeness (QED) is 0.745. The zero-order chi connectivity index (χ0) is 11.5. The number of aromatic nitrogens is 3. The highest BCUT2D eigenvalue weighted by molar-refractivity contribution is 6.29. The first-order valence-corrected chi connectivity index (χ1v) is 4.93. The van der Waals surface area contributed by atoms with Gasteiger partial charge >= 0.3 is 5.97 Å². The fraction of sp³-hybridized carbons (Fsp3) is 0.200. The van der Waals surface area contributed by atoms with E-state index in [0.717, 1.165) is 0 Å². The molecule has 2 aromatic heterocycles. The van der Waals surface area contributed by atoms with Crippen LogP contribution in [0.1, 0.15) is 12.6 Å². The summed E-state index contributed by atoms with van der Waals surface area (Å²) >= 11 is 5.72. The molecule has 5 nitrogen and oxygen atoms in total. The fourth-order valence-electron chi connectivity index (χ4n) is 1.19. The van der Waals surface area contributed by atoms with Gasteiger partial charge in [-0.2, -0.15) is 0 Å². The van der Waals surface area contributed by atoms with Gasteiger partial charge in [-0.15, -0.1) is 0 Å². The molecule has 0 saturated heterocycles. The van der Waals surface area contributed by atoms with Crippen LogP contribution in [0.4, 0.5) is 0 Å². The Hall–Kier alpha value is -1.75. The highest BCUT2D eigenvalue weighted by Gasteiger charge is 2.03. The number of halogens is 1. The molecule has 2 heterocycles. The van der Waals surface area contributed by atoms with Crippen molar-refractivity contribution < 1.29 is 9.53 Å². The maximum Gasteiger partial charge on any atom is 0.303 e. The molecule has 0 aliphatic carbocycles. The van der Waals surface area contributed by atoms with Crippen LogP contribution in [0, 0.1) is 0 Å². The van der Waals surface area contributed by atoms with Crippen LogP contribution in [0.2, 0.25) is 5.15 Å². The van der Waals surface area contributed by atoms with Crippen molar-refractivity contribution in [3.63, 3.8) is 0 Å². The van der Waals surface area contributed by atoms with E-state index in [-0.39, 0.29) is 12.6 Å². The van der Waals surface area contributed by atoms with E-state index in [4.69, 9.17) is 16.3 Å². The lowest BCUT2D eigenvalue weighted by Crippen LogP contribution is -2.01. The largest absolute Gasteiger partial charge is 0.459 e. The molecule has 6 heteroatoms. The lowest BCUT2D eigenvalue weighted by atomic mass is 10.3. The van der Waals surface area contributed by atoms with E-state index in [1.54, 1.807) is 12.3 Å². The summed E-state index contributed by atoms with van der Waals surface area (Å²) in [6.45, 7) is 1.47. The smallest absolute Gasteiger partial charge is 0.303 e. The summed E-state index contributed by atoms with van der Waals surface area (Å²) in [5.41, 5.74) is 1.89. The molecule has 0 amide bonds. The summed E-state index contributed by atoms with van der Waals surface area (Å²) in [7, 11) is 0. The molecule has 0 aliphatic rings. The van der Waals surface area contributed by atoms with Crippen molar-refractivity contribution >= 4 is 28.6 Å². The number of esters is 1. The molecule has 0 unspecified atom stereocenters. The molecule has 0 spiro atoms. The zero-order valence-electron chi connectivity index (χ0n) is 8.48. The minimum absolute atomic E-state index is 0.124. The van der Waals surface area contributed by atoms with Gasteiger partial charge in [-0.1, -0.05) is 11.6 Å². The van der Waals surface area contributed by atoms with Crippen molar-refractivity contribution in [1.82, 2.24) is 15.0 Å². The molecule has 0 bridgehead atoms. The molecule has 2 aromatic rings. The molecule has 0 atom stereocenters. The molecule has 16 heavy (non-hydrogen) atoms. The molecule has 0 aromatic carbocycles. The van der Waals surface area contributed by atoms with Gasteiger partial charge in [0.2, 0.25) is 0 Å². The first-order valence-electron chi connectivity index (χ1n) is 4.55. The fourth-order valence-corrected chi connectivity index (χ4v) is 1.33. The molecule has 82 valence electrons. The normalized spacial score (nSPS) is 10.4. The number of ether oxygens (including phenoxy) is 1. The highest BCUT2D eigenvalue weighted by Crippen LogP contribution is 2.12. The second-order valence-corrected chi connectivity index (χ2v) is 3.52. The third kappa shape index (κ3) is 2.43. The molecule has 0 N–H and O–H groups in total. The average molecular weight is 238 g/mol. The third-order valence-corrected chi connectivity index (χ3v) is 2.06. The molecular formula is C10H8ClN3O2. The summed E-state index contributed by atoms with van der Waals surface area (Å²) in [4.78, 5) is 22.9. The molecule has 0 saturated carbocycles. The number of hydrogen-bond donors (Lipinski definition) is 0. The van der Waals surface area contributed by atoms with Crippen LogP contribution in [0.5, 0.6) is 0 Å². The molecule has 0 aliphatic heterocycles. The Morgan fingerprint density at radius 1 is 1.38 bits per heavy atom. The number of hydrogen-bond acceptors (Lipinski definition) is 5. The van der Waals surface area contributed by atoms with Gasteiger partial charge in [0, 0.05) is 6.92 Å². The van der Waals surface area contributed by atoms with Gasteiger partial charge in [0.25, 0.3) is 0 Å². The van der Waals surface area contributed by atoms with Gasteiger partial charge in [-0.05, 0) is 6.07 Å².